The Morgan fingerprint density at radius 2 is 2.50 bits per heavy atom. The Morgan fingerprint density at radius 3 is 3.00 bits per heavy atom. The van der Waals surface area contributed by atoms with E-state index in [2.05, 4.69) is 6.07 Å². The lowest BCUT2D eigenvalue weighted by atomic mass is 10.2. The summed E-state index contributed by atoms with van der Waals surface area (Å²) in [7, 11) is 1.65. The van der Waals surface area contributed by atoms with Crippen molar-refractivity contribution in [2.45, 2.75) is 6.92 Å². The molecular formula is C10H12N2O2. The van der Waals surface area contributed by atoms with Gasteiger partial charge in [0, 0.05) is 13.6 Å². The van der Waals surface area contributed by atoms with Gasteiger partial charge in [0.1, 0.15) is 0 Å². The molecule has 0 N–H and O–H groups in total. The maximum atomic E-state index is 11.6. The number of nitriles is 1. The number of nitrogens with zero attached hydrogens (tertiary/aromatic N) is 2. The Bertz CT molecular complexity index is 338. The van der Waals surface area contributed by atoms with Gasteiger partial charge in [-0.05, 0) is 19.1 Å². The average molecular weight is 192 g/mol. The largest absolute Gasteiger partial charge is 0.459 e. The summed E-state index contributed by atoms with van der Waals surface area (Å²) < 4.78 is 4.96. The van der Waals surface area contributed by atoms with Gasteiger partial charge in [-0.25, -0.2) is 0 Å². The van der Waals surface area contributed by atoms with Gasteiger partial charge in [-0.15, -0.1) is 0 Å². The lowest BCUT2D eigenvalue weighted by Gasteiger charge is -2.16. The van der Waals surface area contributed by atoms with Crippen molar-refractivity contribution in [1.29, 1.82) is 5.26 Å². The van der Waals surface area contributed by atoms with Crippen LogP contribution in [0.1, 0.15) is 17.5 Å². The number of carbonyl (C=O) groups excluding carboxylic acids is 1. The van der Waals surface area contributed by atoms with Crippen LogP contribution in [-0.4, -0.2) is 24.4 Å². The third kappa shape index (κ3) is 2.36. The van der Waals surface area contributed by atoms with E-state index in [9.17, 15) is 4.79 Å². The third-order valence-corrected chi connectivity index (χ3v) is 1.85. The van der Waals surface area contributed by atoms with Crippen molar-refractivity contribution >= 4 is 5.91 Å². The van der Waals surface area contributed by atoms with Crippen molar-refractivity contribution in [3.63, 3.8) is 0 Å². The van der Waals surface area contributed by atoms with Gasteiger partial charge in [-0.2, -0.15) is 5.26 Å². The first-order valence-electron chi connectivity index (χ1n) is 4.33. The number of rotatable bonds is 3. The fraction of sp³-hybridized carbons (Fsp3) is 0.400. The van der Waals surface area contributed by atoms with Crippen LogP contribution in [0.3, 0.4) is 0 Å². The number of carbonyl (C=O) groups is 1. The van der Waals surface area contributed by atoms with Gasteiger partial charge < -0.3 is 9.32 Å². The maximum Gasteiger partial charge on any atom is 0.289 e. The highest BCUT2D eigenvalue weighted by molar-refractivity contribution is 5.91. The Morgan fingerprint density at radius 1 is 1.79 bits per heavy atom. The van der Waals surface area contributed by atoms with E-state index in [0.29, 0.717) is 12.3 Å². The first-order valence-corrected chi connectivity index (χ1v) is 4.33. The summed E-state index contributed by atoms with van der Waals surface area (Å²) in [6, 6.07) is 5.34. The van der Waals surface area contributed by atoms with Gasteiger partial charge in [-0.1, -0.05) is 0 Å². The van der Waals surface area contributed by atoms with E-state index in [1.165, 1.54) is 11.2 Å². The molecule has 0 saturated carbocycles. The molecule has 14 heavy (non-hydrogen) atoms. The van der Waals surface area contributed by atoms with Crippen LogP contribution in [0.4, 0.5) is 0 Å². The van der Waals surface area contributed by atoms with Crippen LogP contribution < -0.4 is 0 Å². The SMILES string of the molecule is CC(C#N)CN(C)C(=O)c1ccco1. The third-order valence-electron chi connectivity index (χ3n) is 1.85. The summed E-state index contributed by atoms with van der Waals surface area (Å²) in [6.07, 6.45) is 1.45. The highest BCUT2D eigenvalue weighted by Gasteiger charge is 2.15. The second-order valence-electron chi connectivity index (χ2n) is 3.19. The van der Waals surface area contributed by atoms with E-state index in [-0.39, 0.29) is 11.8 Å². The van der Waals surface area contributed by atoms with Gasteiger partial charge >= 0.3 is 0 Å². The Balaban J connectivity index is 2.59. The fourth-order valence-corrected chi connectivity index (χ4v) is 1.12. The van der Waals surface area contributed by atoms with Crippen LogP contribution in [-0.2, 0) is 0 Å². The molecule has 0 aliphatic carbocycles. The topological polar surface area (TPSA) is 57.2 Å². The van der Waals surface area contributed by atoms with E-state index < -0.39 is 0 Å². The summed E-state index contributed by atoms with van der Waals surface area (Å²) in [5.74, 6) is -0.0614. The number of amides is 1. The van der Waals surface area contributed by atoms with Crippen LogP contribution in [0.25, 0.3) is 0 Å². The average Bonchev–Trinajstić information content (AvgIpc) is 2.69. The molecule has 1 aromatic rings. The fourth-order valence-electron chi connectivity index (χ4n) is 1.12. The summed E-state index contributed by atoms with van der Waals surface area (Å²) in [5, 5.41) is 8.58. The van der Waals surface area contributed by atoms with E-state index in [4.69, 9.17) is 9.68 Å². The molecule has 0 aliphatic heterocycles. The molecule has 1 unspecified atom stereocenters. The molecule has 0 aromatic carbocycles. The molecule has 74 valence electrons. The minimum Gasteiger partial charge on any atom is -0.459 e. The van der Waals surface area contributed by atoms with Crippen LogP contribution in [0.2, 0.25) is 0 Å². The second-order valence-corrected chi connectivity index (χ2v) is 3.19. The van der Waals surface area contributed by atoms with E-state index >= 15 is 0 Å². The molecule has 1 heterocycles. The smallest absolute Gasteiger partial charge is 0.289 e. The quantitative estimate of drug-likeness (QED) is 0.729. The van der Waals surface area contributed by atoms with E-state index in [1.54, 1.807) is 26.1 Å². The van der Waals surface area contributed by atoms with Gasteiger partial charge in [-0.3, -0.25) is 4.79 Å². The molecule has 0 saturated heterocycles. The summed E-state index contributed by atoms with van der Waals surface area (Å²) in [6.45, 7) is 2.18. The molecule has 1 atom stereocenters. The predicted molar refractivity (Wildman–Crippen MR) is 50.4 cm³/mol. The molecule has 1 rings (SSSR count). The minimum absolute atomic E-state index is 0.168. The van der Waals surface area contributed by atoms with Gasteiger partial charge in [0.2, 0.25) is 0 Å². The zero-order chi connectivity index (χ0) is 10.6. The van der Waals surface area contributed by atoms with Gasteiger partial charge in [0.15, 0.2) is 5.76 Å². The minimum atomic E-state index is -0.197. The lowest BCUT2D eigenvalue weighted by molar-refractivity contribution is 0.0753. The van der Waals surface area contributed by atoms with Crippen molar-refractivity contribution in [2.75, 3.05) is 13.6 Å². The molecule has 0 radical (unpaired) electrons. The highest BCUT2D eigenvalue weighted by atomic mass is 16.3. The molecule has 1 aromatic heterocycles. The van der Waals surface area contributed by atoms with Crippen molar-refractivity contribution < 1.29 is 9.21 Å². The zero-order valence-electron chi connectivity index (χ0n) is 8.23. The van der Waals surface area contributed by atoms with Crippen molar-refractivity contribution in [2.24, 2.45) is 5.92 Å². The molecule has 0 spiro atoms. The van der Waals surface area contributed by atoms with E-state index in [1.807, 2.05) is 0 Å². The molecule has 4 nitrogen and oxygen atoms in total. The molecule has 0 bridgehead atoms. The Kier molecular flexibility index (Phi) is 3.29. The zero-order valence-corrected chi connectivity index (χ0v) is 8.23. The van der Waals surface area contributed by atoms with Crippen LogP contribution in [0, 0.1) is 17.2 Å². The van der Waals surface area contributed by atoms with Crippen molar-refractivity contribution in [1.82, 2.24) is 4.90 Å². The monoisotopic (exact) mass is 192 g/mol. The highest BCUT2D eigenvalue weighted by Crippen LogP contribution is 2.05. The number of furan rings is 1. The van der Waals surface area contributed by atoms with Crippen molar-refractivity contribution in [3.8, 4) is 6.07 Å². The van der Waals surface area contributed by atoms with Crippen LogP contribution in [0.5, 0.6) is 0 Å². The molecule has 0 aliphatic rings. The molecule has 4 heteroatoms. The van der Waals surface area contributed by atoms with Crippen LogP contribution in [0.15, 0.2) is 22.8 Å². The number of hydrogen-bond donors (Lipinski definition) is 0. The van der Waals surface area contributed by atoms with Crippen molar-refractivity contribution in [3.05, 3.63) is 24.2 Å². The molecular weight excluding hydrogens is 180 g/mol. The second kappa shape index (κ2) is 4.47. The first-order chi connectivity index (χ1) is 6.65. The normalized spacial score (nSPS) is 11.8. The predicted octanol–water partition coefficient (Wildman–Crippen LogP) is 1.51. The standard InChI is InChI=1S/C10H12N2O2/c1-8(6-11)7-12(2)10(13)9-4-3-5-14-9/h3-5,8H,7H2,1-2H3. The lowest BCUT2D eigenvalue weighted by Crippen LogP contribution is -2.30. The van der Waals surface area contributed by atoms with Gasteiger partial charge in [0.25, 0.3) is 5.91 Å². The first kappa shape index (κ1) is 10.3. The van der Waals surface area contributed by atoms with Crippen LogP contribution >= 0.6 is 0 Å². The molecule has 1 amide bonds. The maximum absolute atomic E-state index is 11.6. The van der Waals surface area contributed by atoms with Gasteiger partial charge in [0.05, 0.1) is 18.3 Å². The van der Waals surface area contributed by atoms with E-state index in [0.717, 1.165) is 0 Å². The Labute approximate surface area is 82.7 Å². The summed E-state index contributed by atoms with van der Waals surface area (Å²) >= 11 is 0. The Hall–Kier alpha value is -1.76. The summed E-state index contributed by atoms with van der Waals surface area (Å²) in [5.41, 5.74) is 0. The summed E-state index contributed by atoms with van der Waals surface area (Å²) in [4.78, 5) is 13.1. The molecule has 0 fully saturated rings. The number of hydrogen-bond acceptors (Lipinski definition) is 3.